The van der Waals surface area contributed by atoms with E-state index in [0.717, 1.165) is 64.2 Å². The topological polar surface area (TPSA) is 121 Å². The molecule has 4 N–H and O–H groups in total. The van der Waals surface area contributed by atoms with E-state index in [9.17, 15) is 25.2 Å². The van der Waals surface area contributed by atoms with Crippen LogP contribution in [-0.4, -0.2) is 53.9 Å². The van der Waals surface area contributed by atoms with Gasteiger partial charge in [-0.2, -0.15) is 0 Å². The molecule has 0 amide bonds. The lowest BCUT2D eigenvalue weighted by molar-refractivity contribution is -0.294. The first-order valence-corrected chi connectivity index (χ1v) is 18.9. The first kappa shape index (κ1) is 33.7. The molecule has 4 aliphatic carbocycles. The van der Waals surface area contributed by atoms with Crippen molar-refractivity contribution in [1.29, 1.82) is 0 Å². The highest BCUT2D eigenvalue weighted by Crippen LogP contribution is 2.74. The molecule has 0 bridgehead atoms. The Labute approximate surface area is 300 Å². The summed E-state index contributed by atoms with van der Waals surface area (Å²) < 4.78 is 15.2. The third kappa shape index (κ3) is 3.78. The molecule has 8 nitrogen and oxygen atoms in total. The van der Waals surface area contributed by atoms with E-state index in [0.29, 0.717) is 24.5 Å². The number of hydrogen-bond acceptors (Lipinski definition) is 6. The predicted octanol–water partition coefficient (Wildman–Crippen LogP) is 8.06. The van der Waals surface area contributed by atoms with Crippen LogP contribution in [0, 0.1) is 28.6 Å². The van der Waals surface area contributed by atoms with Crippen LogP contribution < -0.4 is 0 Å². The molecule has 272 valence electrons. The largest absolute Gasteiger partial charge is 0.505 e. The average Bonchev–Trinajstić information content (AvgIpc) is 3.73. The Morgan fingerprint density at radius 3 is 2.43 bits per heavy atom. The first-order valence-electron chi connectivity index (χ1n) is 18.9. The average molecular weight is 696 g/mol. The van der Waals surface area contributed by atoms with Gasteiger partial charge >= 0.3 is 5.97 Å². The van der Waals surface area contributed by atoms with Crippen LogP contribution in [0.5, 0.6) is 5.75 Å². The Morgan fingerprint density at radius 1 is 1.06 bits per heavy atom. The standard InChI is InChI=1S/C43H53NO7/c1-20(2)32-35(46)30-29-24(27-19-38(4,5)51-39(6,7)31(27)34(29)45)17-25-26-16-22-11-12-28-40(8,42(22,10)36(26)44(32)33(25)30)13-14-43(49)41(28,9)18-23(50-43)15-21(3)37(47)48/h15,17,19,22-23,28,31,34,45-46,49H,1,11-14,16,18H2,2-10H3,(H,47,48)/t22?,23?,28?,31?,34-,40+,41+,42?,43?/m1/s1. The summed E-state index contributed by atoms with van der Waals surface area (Å²) >= 11 is 0. The minimum atomic E-state index is -1.34. The molecule has 3 fully saturated rings. The van der Waals surface area contributed by atoms with Crippen LogP contribution in [0.15, 0.2) is 30.4 Å². The van der Waals surface area contributed by atoms with Gasteiger partial charge in [0.25, 0.3) is 0 Å². The molecule has 6 aliphatic rings. The van der Waals surface area contributed by atoms with E-state index in [1.54, 1.807) is 13.0 Å². The molecular weight excluding hydrogens is 642 g/mol. The molecule has 9 rings (SSSR count). The van der Waals surface area contributed by atoms with E-state index < -0.39 is 40.6 Å². The second-order valence-corrected chi connectivity index (χ2v) is 18.9. The number of aliphatic carboxylic acids is 1. The van der Waals surface area contributed by atoms with Crippen molar-refractivity contribution in [1.82, 2.24) is 4.40 Å². The molecule has 0 spiro atoms. The summed E-state index contributed by atoms with van der Waals surface area (Å²) in [7, 11) is 0. The second kappa shape index (κ2) is 9.67. The van der Waals surface area contributed by atoms with Crippen LogP contribution >= 0.6 is 0 Å². The van der Waals surface area contributed by atoms with Crippen molar-refractivity contribution < 1.29 is 34.7 Å². The van der Waals surface area contributed by atoms with Gasteiger partial charge < -0.3 is 34.3 Å². The van der Waals surface area contributed by atoms with E-state index >= 15 is 0 Å². The number of allylic oxidation sites excluding steroid dienone is 1. The van der Waals surface area contributed by atoms with Gasteiger partial charge in [0.2, 0.25) is 0 Å². The van der Waals surface area contributed by atoms with Crippen molar-refractivity contribution in [3.05, 3.63) is 58.4 Å². The number of carboxylic acid groups (broad SMARTS) is 1. The molecule has 1 aromatic carbocycles. The van der Waals surface area contributed by atoms with Gasteiger partial charge in [-0.05, 0) is 131 Å². The summed E-state index contributed by atoms with van der Waals surface area (Å²) in [6.07, 6.45) is 7.18. The van der Waals surface area contributed by atoms with Crippen molar-refractivity contribution in [2.24, 2.45) is 28.6 Å². The lowest BCUT2D eigenvalue weighted by Crippen LogP contribution is -2.65. The Kier molecular flexibility index (Phi) is 6.38. The summed E-state index contributed by atoms with van der Waals surface area (Å²) in [6, 6.07) is 2.30. The van der Waals surface area contributed by atoms with Crippen molar-refractivity contribution in [3.63, 3.8) is 0 Å². The monoisotopic (exact) mass is 695 g/mol. The van der Waals surface area contributed by atoms with Gasteiger partial charge in [-0.3, -0.25) is 0 Å². The minimum absolute atomic E-state index is 0.112. The Balaban J connectivity index is 1.27. The lowest BCUT2D eigenvalue weighted by atomic mass is 9.40. The molecule has 9 atom stereocenters. The minimum Gasteiger partial charge on any atom is -0.505 e. The number of nitrogens with zero attached hydrogens (tertiary/aromatic N) is 1. The van der Waals surface area contributed by atoms with E-state index in [-0.39, 0.29) is 34.0 Å². The van der Waals surface area contributed by atoms with Crippen molar-refractivity contribution in [2.45, 2.75) is 135 Å². The molecule has 0 radical (unpaired) electrons. The molecule has 6 unspecified atom stereocenters. The van der Waals surface area contributed by atoms with Gasteiger partial charge in [0.05, 0.1) is 34.6 Å². The van der Waals surface area contributed by atoms with Crippen molar-refractivity contribution >= 4 is 33.4 Å². The quantitative estimate of drug-likeness (QED) is 0.205. The maximum absolute atomic E-state index is 12.3. The number of aromatic hydroxyl groups is 1. The van der Waals surface area contributed by atoms with Crippen LogP contribution in [-0.2, 0) is 26.1 Å². The molecule has 3 aromatic rings. The van der Waals surface area contributed by atoms with Crippen molar-refractivity contribution in [3.8, 4) is 5.75 Å². The van der Waals surface area contributed by atoms with Crippen LogP contribution in [0.3, 0.4) is 0 Å². The number of carboxylic acids is 1. The number of aliphatic hydroxyl groups excluding tert-OH is 1. The number of fused-ring (bicyclic) bond motifs is 13. The molecule has 2 aromatic heterocycles. The van der Waals surface area contributed by atoms with Crippen molar-refractivity contribution in [2.75, 3.05) is 0 Å². The van der Waals surface area contributed by atoms with Gasteiger partial charge in [-0.25, -0.2) is 4.79 Å². The summed E-state index contributed by atoms with van der Waals surface area (Å²) in [4.78, 5) is 11.7. The third-order valence-corrected chi connectivity index (χ3v) is 15.4. The fourth-order valence-electron chi connectivity index (χ4n) is 13.4. The van der Waals surface area contributed by atoms with Crippen LogP contribution in [0.4, 0.5) is 0 Å². The molecular formula is C43H53NO7. The summed E-state index contributed by atoms with van der Waals surface area (Å²) in [6.45, 7) is 23.2. The zero-order valence-electron chi connectivity index (χ0n) is 31.5. The smallest absolute Gasteiger partial charge is 0.331 e. The van der Waals surface area contributed by atoms with Gasteiger partial charge in [-0.15, -0.1) is 0 Å². The Bertz CT molecular complexity index is 2170. The second-order valence-electron chi connectivity index (χ2n) is 18.9. The predicted molar refractivity (Wildman–Crippen MR) is 197 cm³/mol. The highest BCUT2D eigenvalue weighted by Gasteiger charge is 2.73. The summed E-state index contributed by atoms with van der Waals surface area (Å²) in [5, 5.41) is 48.2. The third-order valence-electron chi connectivity index (χ3n) is 15.4. The molecule has 51 heavy (non-hydrogen) atoms. The van der Waals surface area contributed by atoms with Gasteiger partial charge in [-0.1, -0.05) is 27.4 Å². The Hall–Kier alpha value is -3.17. The maximum Gasteiger partial charge on any atom is 0.331 e. The highest BCUT2D eigenvalue weighted by molar-refractivity contribution is 6.11. The number of ether oxygens (including phenoxy) is 2. The zero-order chi connectivity index (χ0) is 36.7. The van der Waals surface area contributed by atoms with Crippen LogP contribution in [0.2, 0.25) is 0 Å². The summed E-state index contributed by atoms with van der Waals surface area (Å²) in [5.41, 5.74) is 5.86. The first-order chi connectivity index (χ1) is 23.6. The normalized spacial score (nSPS) is 40.4. The maximum atomic E-state index is 12.3. The molecule has 4 heterocycles. The lowest BCUT2D eigenvalue weighted by Gasteiger charge is -2.65. The number of aromatic nitrogens is 1. The van der Waals surface area contributed by atoms with Crippen LogP contribution in [0.1, 0.15) is 129 Å². The number of rotatable bonds is 3. The number of carbonyl (C=O) groups is 1. The van der Waals surface area contributed by atoms with Gasteiger partial charge in [0.15, 0.2) is 5.79 Å². The van der Waals surface area contributed by atoms with E-state index in [1.807, 2.05) is 6.92 Å². The molecule has 8 heteroatoms. The van der Waals surface area contributed by atoms with Gasteiger partial charge in [0, 0.05) is 50.8 Å². The fraction of sp³-hybridized carbons (Fsp3) is 0.605. The van der Waals surface area contributed by atoms with Gasteiger partial charge in [0.1, 0.15) is 5.75 Å². The van der Waals surface area contributed by atoms with E-state index in [4.69, 9.17) is 9.47 Å². The summed E-state index contributed by atoms with van der Waals surface area (Å²) in [5.74, 6) is -1.92. The molecule has 2 saturated carbocycles. The van der Waals surface area contributed by atoms with Crippen LogP contribution in [0.25, 0.3) is 27.4 Å². The molecule has 2 aliphatic heterocycles. The number of benzene rings is 1. The highest BCUT2D eigenvalue weighted by atomic mass is 16.6. The Morgan fingerprint density at radius 2 is 1.76 bits per heavy atom. The zero-order valence-corrected chi connectivity index (χ0v) is 31.5. The van der Waals surface area contributed by atoms with E-state index in [1.165, 1.54) is 11.3 Å². The molecule has 1 saturated heterocycles. The number of aliphatic hydroxyl groups is 2. The number of hydrogen-bond donors (Lipinski definition) is 4. The fourth-order valence-corrected chi connectivity index (χ4v) is 13.4. The van der Waals surface area contributed by atoms with E-state index in [2.05, 4.69) is 71.6 Å². The SMILES string of the molecule is C=C(C)c1c(O)c2c3c(cc4c5c(n1c42)C1(C)C(CCC2[C@]4(C)CC(C=C(C)C(=O)O)OC4(O)CC[C@@]21C)C5)C1=CC(C)(C)OC(C)(C)C1[C@@H]3O.